The molecule has 0 aliphatic heterocycles. The number of nitrogens with one attached hydrogen (secondary N) is 1. The number of amides is 1. The van der Waals surface area contributed by atoms with Gasteiger partial charge in [0.1, 0.15) is 6.04 Å². The molecule has 0 aromatic heterocycles. The molecule has 2 aromatic rings. The predicted molar refractivity (Wildman–Crippen MR) is 79.2 cm³/mol. The third-order valence-corrected chi connectivity index (χ3v) is 3.84. The van der Waals surface area contributed by atoms with Crippen molar-refractivity contribution in [2.45, 2.75) is 24.9 Å². The first-order chi connectivity index (χ1) is 9.74. The van der Waals surface area contributed by atoms with Gasteiger partial charge < -0.3 is 11.1 Å². The van der Waals surface area contributed by atoms with Crippen LogP contribution in [0, 0.1) is 0 Å². The first kappa shape index (κ1) is 12.9. The quantitative estimate of drug-likeness (QED) is 0.892. The van der Waals surface area contributed by atoms with Crippen LogP contribution in [0.25, 0.3) is 0 Å². The lowest BCUT2D eigenvalue weighted by molar-refractivity contribution is -0.123. The lowest BCUT2D eigenvalue weighted by Gasteiger charge is -2.16. The van der Waals surface area contributed by atoms with Gasteiger partial charge in [0, 0.05) is 6.04 Å². The Morgan fingerprint density at radius 3 is 2.15 bits per heavy atom. The first-order valence-corrected chi connectivity index (χ1v) is 6.92. The highest BCUT2D eigenvalue weighted by Gasteiger charge is 2.24. The van der Waals surface area contributed by atoms with Crippen molar-refractivity contribution in [2.24, 2.45) is 5.73 Å². The van der Waals surface area contributed by atoms with Gasteiger partial charge in [0.05, 0.1) is 0 Å². The van der Waals surface area contributed by atoms with Crippen LogP contribution in [0.2, 0.25) is 0 Å². The molecule has 0 heterocycles. The van der Waals surface area contributed by atoms with Crippen LogP contribution in [0.5, 0.6) is 0 Å². The van der Waals surface area contributed by atoms with Crippen LogP contribution < -0.4 is 11.1 Å². The fraction of sp³-hybridized carbons (Fsp3) is 0.235. The lowest BCUT2D eigenvalue weighted by Crippen LogP contribution is -2.41. The smallest absolute Gasteiger partial charge is 0.241 e. The molecule has 0 saturated carbocycles. The van der Waals surface area contributed by atoms with Crippen LogP contribution >= 0.6 is 0 Å². The number of benzene rings is 2. The van der Waals surface area contributed by atoms with Crippen molar-refractivity contribution in [3.05, 3.63) is 71.3 Å². The second kappa shape index (κ2) is 5.47. The number of hydrogen-bond acceptors (Lipinski definition) is 2. The lowest BCUT2D eigenvalue weighted by atomic mass is 10.1. The van der Waals surface area contributed by atoms with Gasteiger partial charge in [-0.3, -0.25) is 4.79 Å². The molecule has 0 unspecified atom stereocenters. The molecule has 20 heavy (non-hydrogen) atoms. The third-order valence-electron chi connectivity index (χ3n) is 3.84. The fourth-order valence-electron chi connectivity index (χ4n) is 2.76. The largest absolute Gasteiger partial charge is 0.351 e. The number of rotatable bonds is 3. The van der Waals surface area contributed by atoms with Gasteiger partial charge in [-0.15, -0.1) is 0 Å². The topological polar surface area (TPSA) is 55.1 Å². The summed E-state index contributed by atoms with van der Waals surface area (Å²) in [6, 6.07) is 17.4. The minimum absolute atomic E-state index is 0.103. The fourth-order valence-corrected chi connectivity index (χ4v) is 2.76. The molecule has 0 bridgehead atoms. The van der Waals surface area contributed by atoms with Crippen molar-refractivity contribution in [3.63, 3.8) is 0 Å². The van der Waals surface area contributed by atoms with E-state index in [1.54, 1.807) is 0 Å². The highest BCUT2D eigenvalue weighted by atomic mass is 16.2. The van der Waals surface area contributed by atoms with Crippen molar-refractivity contribution in [1.82, 2.24) is 5.32 Å². The maximum atomic E-state index is 12.2. The molecular weight excluding hydrogens is 248 g/mol. The van der Waals surface area contributed by atoms with E-state index in [2.05, 4.69) is 17.4 Å². The molecule has 1 aliphatic carbocycles. The summed E-state index contributed by atoms with van der Waals surface area (Å²) in [5, 5.41) is 3.06. The maximum absolute atomic E-state index is 12.2. The van der Waals surface area contributed by atoms with E-state index < -0.39 is 6.04 Å². The monoisotopic (exact) mass is 266 g/mol. The standard InChI is InChI=1S/C17H18N2O/c18-16(12-6-2-1-3-7-12)17(20)19-15-10-13-8-4-5-9-14(13)11-15/h1-9,15-16H,10-11,18H2,(H,19,20)/t16-/m0/s1. The molecule has 2 aromatic carbocycles. The molecule has 0 radical (unpaired) electrons. The number of carbonyl (C=O) groups excluding carboxylic acids is 1. The Hall–Kier alpha value is -2.13. The van der Waals surface area contributed by atoms with E-state index in [9.17, 15) is 4.79 Å². The molecule has 1 amide bonds. The van der Waals surface area contributed by atoms with E-state index in [-0.39, 0.29) is 11.9 Å². The van der Waals surface area contributed by atoms with Gasteiger partial charge >= 0.3 is 0 Å². The Balaban J connectivity index is 1.64. The van der Waals surface area contributed by atoms with Crippen LogP contribution in [-0.4, -0.2) is 11.9 Å². The first-order valence-electron chi connectivity index (χ1n) is 6.92. The summed E-state index contributed by atoms with van der Waals surface area (Å²) in [7, 11) is 0. The molecule has 3 nitrogen and oxygen atoms in total. The molecule has 1 aliphatic rings. The highest BCUT2D eigenvalue weighted by molar-refractivity contribution is 5.83. The van der Waals surface area contributed by atoms with Crippen LogP contribution in [0.15, 0.2) is 54.6 Å². The van der Waals surface area contributed by atoms with Crippen LogP contribution in [0.4, 0.5) is 0 Å². The summed E-state index contributed by atoms with van der Waals surface area (Å²) >= 11 is 0. The molecule has 0 saturated heterocycles. The summed E-state index contributed by atoms with van der Waals surface area (Å²) in [6.45, 7) is 0. The van der Waals surface area contributed by atoms with Gasteiger partial charge in [-0.05, 0) is 29.5 Å². The average Bonchev–Trinajstić information content (AvgIpc) is 2.89. The Labute approximate surface area is 118 Å². The zero-order chi connectivity index (χ0) is 13.9. The maximum Gasteiger partial charge on any atom is 0.241 e. The van der Waals surface area contributed by atoms with Gasteiger partial charge in [-0.2, -0.15) is 0 Å². The predicted octanol–water partition coefficient (Wildman–Crippen LogP) is 1.97. The second-order valence-corrected chi connectivity index (χ2v) is 5.27. The second-order valence-electron chi connectivity index (χ2n) is 5.27. The van der Waals surface area contributed by atoms with Crippen LogP contribution in [0.1, 0.15) is 22.7 Å². The third kappa shape index (κ3) is 2.58. The van der Waals surface area contributed by atoms with E-state index in [4.69, 9.17) is 5.73 Å². The van der Waals surface area contributed by atoms with Gasteiger partial charge in [-0.1, -0.05) is 54.6 Å². The number of nitrogens with two attached hydrogens (primary N) is 1. The molecule has 3 N–H and O–H groups in total. The average molecular weight is 266 g/mol. The zero-order valence-corrected chi connectivity index (χ0v) is 11.3. The molecule has 102 valence electrons. The normalized spacial score (nSPS) is 15.7. The van der Waals surface area contributed by atoms with Crippen molar-refractivity contribution >= 4 is 5.91 Å². The van der Waals surface area contributed by atoms with Crippen molar-refractivity contribution < 1.29 is 4.79 Å². The SMILES string of the molecule is N[C@H](C(=O)NC1Cc2ccccc2C1)c1ccccc1. The Morgan fingerprint density at radius 2 is 1.55 bits per heavy atom. The van der Waals surface area contributed by atoms with Gasteiger partial charge in [-0.25, -0.2) is 0 Å². The number of fused-ring (bicyclic) bond motifs is 1. The van der Waals surface area contributed by atoms with Crippen LogP contribution in [0.3, 0.4) is 0 Å². The Kier molecular flexibility index (Phi) is 3.52. The Morgan fingerprint density at radius 1 is 1.00 bits per heavy atom. The summed E-state index contributed by atoms with van der Waals surface area (Å²) in [4.78, 5) is 12.2. The van der Waals surface area contributed by atoms with E-state index >= 15 is 0 Å². The van der Waals surface area contributed by atoms with E-state index in [1.807, 2.05) is 42.5 Å². The van der Waals surface area contributed by atoms with Gasteiger partial charge in [0.25, 0.3) is 0 Å². The van der Waals surface area contributed by atoms with E-state index in [0.29, 0.717) is 0 Å². The number of carbonyl (C=O) groups is 1. The Bertz CT molecular complexity index is 584. The van der Waals surface area contributed by atoms with Crippen molar-refractivity contribution in [1.29, 1.82) is 0 Å². The summed E-state index contributed by atoms with van der Waals surface area (Å²) in [5.41, 5.74) is 9.51. The van der Waals surface area contributed by atoms with Crippen LogP contribution in [-0.2, 0) is 17.6 Å². The summed E-state index contributed by atoms with van der Waals surface area (Å²) < 4.78 is 0. The highest BCUT2D eigenvalue weighted by Crippen LogP contribution is 2.22. The summed E-state index contributed by atoms with van der Waals surface area (Å²) in [6.07, 6.45) is 1.78. The molecule has 0 spiro atoms. The minimum atomic E-state index is -0.597. The van der Waals surface area contributed by atoms with Crippen molar-refractivity contribution in [3.8, 4) is 0 Å². The summed E-state index contributed by atoms with van der Waals surface area (Å²) in [5.74, 6) is -0.103. The van der Waals surface area contributed by atoms with E-state index in [0.717, 1.165) is 18.4 Å². The van der Waals surface area contributed by atoms with Gasteiger partial charge in [0.15, 0.2) is 0 Å². The molecule has 0 fully saturated rings. The van der Waals surface area contributed by atoms with Crippen molar-refractivity contribution in [2.75, 3.05) is 0 Å². The minimum Gasteiger partial charge on any atom is -0.351 e. The zero-order valence-electron chi connectivity index (χ0n) is 11.3. The molecular formula is C17H18N2O. The molecule has 3 rings (SSSR count). The van der Waals surface area contributed by atoms with Gasteiger partial charge in [0.2, 0.25) is 5.91 Å². The molecule has 3 heteroatoms. The van der Waals surface area contributed by atoms with E-state index in [1.165, 1.54) is 11.1 Å². The molecule has 1 atom stereocenters. The number of hydrogen-bond donors (Lipinski definition) is 2.